The van der Waals surface area contributed by atoms with Crippen molar-refractivity contribution < 1.29 is 4.74 Å². The van der Waals surface area contributed by atoms with Gasteiger partial charge in [-0.25, -0.2) is 4.68 Å². The summed E-state index contributed by atoms with van der Waals surface area (Å²) in [5.74, 6) is 0.699. The molecule has 0 aliphatic rings. The molecule has 0 fully saturated rings. The fourth-order valence-electron chi connectivity index (χ4n) is 2.09. The smallest absolute Gasteiger partial charge is 0.182 e. The van der Waals surface area contributed by atoms with E-state index in [-0.39, 0.29) is 5.60 Å². The Morgan fingerprint density at radius 2 is 2.10 bits per heavy atom. The summed E-state index contributed by atoms with van der Waals surface area (Å²) >= 11 is 0. The first kappa shape index (κ1) is 14.5. The van der Waals surface area contributed by atoms with E-state index in [2.05, 4.69) is 15.5 Å². The summed E-state index contributed by atoms with van der Waals surface area (Å²) in [4.78, 5) is 0. The van der Waals surface area contributed by atoms with Crippen LogP contribution in [0.4, 0.5) is 5.69 Å². The number of nitrogens with two attached hydrogens (primary N) is 1. The van der Waals surface area contributed by atoms with Gasteiger partial charge in [-0.3, -0.25) is 0 Å². The zero-order valence-corrected chi connectivity index (χ0v) is 12.4. The summed E-state index contributed by atoms with van der Waals surface area (Å²) < 4.78 is 7.45. The van der Waals surface area contributed by atoms with Gasteiger partial charge in [0.2, 0.25) is 0 Å². The number of ether oxygens (including phenoxy) is 1. The third kappa shape index (κ3) is 3.14. The molecule has 0 saturated carbocycles. The number of hydrogen-bond acceptors (Lipinski definition) is 5. The largest absolute Gasteiger partial charge is 0.398 e. The molecule has 1 aromatic heterocycles. The van der Waals surface area contributed by atoms with Crippen LogP contribution in [-0.4, -0.2) is 32.4 Å². The number of nitrogens with zero attached hydrogens (tertiary/aromatic N) is 4. The molecule has 1 heterocycles. The molecule has 0 saturated heterocycles. The highest BCUT2D eigenvalue weighted by Gasteiger charge is 2.22. The normalized spacial score (nSPS) is 11.8. The average Bonchev–Trinajstić information content (AvgIpc) is 2.80. The van der Waals surface area contributed by atoms with E-state index in [0.29, 0.717) is 19.0 Å². The highest BCUT2D eigenvalue weighted by molar-refractivity contribution is 5.63. The lowest BCUT2D eigenvalue weighted by molar-refractivity contribution is -0.0246. The summed E-state index contributed by atoms with van der Waals surface area (Å²) in [7, 11) is 0. The number of aryl methyl sites for hydroxylation is 1. The fraction of sp³-hybridized carbons (Fsp3) is 0.500. The summed E-state index contributed by atoms with van der Waals surface area (Å²) in [6.07, 6.45) is 0. The van der Waals surface area contributed by atoms with E-state index in [1.807, 2.05) is 45.9 Å². The number of rotatable bonds is 5. The van der Waals surface area contributed by atoms with Gasteiger partial charge in [-0.05, 0) is 49.8 Å². The van der Waals surface area contributed by atoms with Crippen molar-refractivity contribution in [2.75, 3.05) is 12.3 Å². The Kier molecular flexibility index (Phi) is 4.04. The molecule has 2 aromatic rings. The Hall–Kier alpha value is -1.95. The maximum Gasteiger partial charge on any atom is 0.182 e. The predicted molar refractivity (Wildman–Crippen MR) is 78.1 cm³/mol. The monoisotopic (exact) mass is 275 g/mol. The van der Waals surface area contributed by atoms with Crippen LogP contribution in [0.3, 0.4) is 0 Å². The van der Waals surface area contributed by atoms with E-state index >= 15 is 0 Å². The second-order valence-electron chi connectivity index (χ2n) is 5.42. The molecule has 0 unspecified atom stereocenters. The first-order chi connectivity index (χ1) is 9.43. The molecule has 0 aliphatic heterocycles. The van der Waals surface area contributed by atoms with Crippen LogP contribution in [0.2, 0.25) is 0 Å². The van der Waals surface area contributed by atoms with Crippen LogP contribution in [0, 0.1) is 6.92 Å². The average molecular weight is 275 g/mol. The molecule has 2 N–H and O–H groups in total. The Morgan fingerprint density at radius 1 is 1.35 bits per heavy atom. The molecule has 108 valence electrons. The van der Waals surface area contributed by atoms with Crippen LogP contribution in [0.15, 0.2) is 18.2 Å². The van der Waals surface area contributed by atoms with Crippen LogP contribution in [0.25, 0.3) is 11.4 Å². The number of aromatic nitrogens is 4. The van der Waals surface area contributed by atoms with E-state index < -0.39 is 0 Å². The maximum atomic E-state index is 5.95. The quantitative estimate of drug-likeness (QED) is 0.845. The van der Waals surface area contributed by atoms with Gasteiger partial charge >= 0.3 is 0 Å². The van der Waals surface area contributed by atoms with Gasteiger partial charge in [-0.15, -0.1) is 5.10 Å². The molecule has 0 radical (unpaired) electrons. The molecule has 2 rings (SSSR count). The first-order valence-electron chi connectivity index (χ1n) is 6.69. The molecule has 1 aromatic carbocycles. The van der Waals surface area contributed by atoms with E-state index in [1.54, 1.807) is 4.68 Å². The molecule has 6 heteroatoms. The minimum Gasteiger partial charge on any atom is -0.398 e. The minimum absolute atomic E-state index is 0.324. The predicted octanol–water partition coefficient (Wildman–Crippen LogP) is 2.05. The third-order valence-corrected chi connectivity index (χ3v) is 3.13. The fourth-order valence-corrected chi connectivity index (χ4v) is 2.09. The standard InChI is InChI=1S/C14H21N5O/c1-5-20-14(3,4)9-19-13(16-17-18-19)11-7-6-10(2)12(15)8-11/h6-8H,5,9,15H2,1-4H3. The Balaban J connectivity index is 2.30. The molecule has 6 nitrogen and oxygen atoms in total. The second kappa shape index (κ2) is 5.58. The third-order valence-electron chi connectivity index (χ3n) is 3.13. The molecular weight excluding hydrogens is 254 g/mol. The van der Waals surface area contributed by atoms with Crippen molar-refractivity contribution in [3.8, 4) is 11.4 Å². The highest BCUT2D eigenvalue weighted by Crippen LogP contribution is 2.23. The van der Waals surface area contributed by atoms with Gasteiger partial charge in [0.15, 0.2) is 5.82 Å². The zero-order chi connectivity index (χ0) is 14.8. The molecule has 0 amide bonds. The van der Waals surface area contributed by atoms with Crippen LogP contribution in [0.1, 0.15) is 26.3 Å². The van der Waals surface area contributed by atoms with Crippen molar-refractivity contribution in [2.45, 2.75) is 39.8 Å². The Bertz CT molecular complexity index is 591. The Labute approximate surface area is 118 Å². The van der Waals surface area contributed by atoms with Gasteiger partial charge < -0.3 is 10.5 Å². The van der Waals surface area contributed by atoms with Gasteiger partial charge in [0.1, 0.15) is 0 Å². The molecular formula is C14H21N5O. The summed E-state index contributed by atoms with van der Waals surface area (Å²) in [6.45, 7) is 9.22. The number of nitrogen functional groups attached to an aromatic ring is 1. The topological polar surface area (TPSA) is 78.8 Å². The van der Waals surface area contributed by atoms with Crippen molar-refractivity contribution >= 4 is 5.69 Å². The van der Waals surface area contributed by atoms with Crippen molar-refractivity contribution in [3.63, 3.8) is 0 Å². The molecule has 0 aliphatic carbocycles. The van der Waals surface area contributed by atoms with Crippen LogP contribution >= 0.6 is 0 Å². The number of anilines is 1. The maximum absolute atomic E-state index is 5.95. The van der Waals surface area contributed by atoms with Gasteiger partial charge in [0, 0.05) is 17.9 Å². The van der Waals surface area contributed by atoms with Crippen molar-refractivity contribution in [2.24, 2.45) is 0 Å². The van der Waals surface area contributed by atoms with Gasteiger partial charge in [0.05, 0.1) is 12.1 Å². The number of tetrazole rings is 1. The van der Waals surface area contributed by atoms with E-state index in [9.17, 15) is 0 Å². The van der Waals surface area contributed by atoms with Crippen LogP contribution < -0.4 is 5.73 Å². The SMILES string of the molecule is CCOC(C)(C)Cn1nnnc1-c1ccc(C)c(N)c1. The zero-order valence-electron chi connectivity index (χ0n) is 12.4. The molecule has 0 bridgehead atoms. The van der Waals surface area contributed by atoms with Crippen LogP contribution in [0.5, 0.6) is 0 Å². The van der Waals surface area contributed by atoms with E-state index in [4.69, 9.17) is 10.5 Å². The van der Waals surface area contributed by atoms with Crippen molar-refractivity contribution in [1.29, 1.82) is 0 Å². The lowest BCUT2D eigenvalue weighted by atomic mass is 10.1. The minimum atomic E-state index is -0.324. The van der Waals surface area contributed by atoms with Crippen molar-refractivity contribution in [3.05, 3.63) is 23.8 Å². The molecule has 0 atom stereocenters. The van der Waals surface area contributed by atoms with E-state index in [1.165, 1.54) is 0 Å². The summed E-state index contributed by atoms with van der Waals surface area (Å²) in [5.41, 5.74) is 8.31. The van der Waals surface area contributed by atoms with E-state index in [0.717, 1.165) is 16.8 Å². The summed E-state index contributed by atoms with van der Waals surface area (Å²) in [5, 5.41) is 11.9. The van der Waals surface area contributed by atoms with Gasteiger partial charge in [-0.1, -0.05) is 12.1 Å². The molecule has 20 heavy (non-hydrogen) atoms. The van der Waals surface area contributed by atoms with Crippen LogP contribution in [-0.2, 0) is 11.3 Å². The highest BCUT2D eigenvalue weighted by atomic mass is 16.5. The van der Waals surface area contributed by atoms with Gasteiger partial charge in [0.25, 0.3) is 0 Å². The lowest BCUT2D eigenvalue weighted by Gasteiger charge is -2.24. The summed E-state index contributed by atoms with van der Waals surface area (Å²) in [6, 6.07) is 5.84. The van der Waals surface area contributed by atoms with Gasteiger partial charge in [-0.2, -0.15) is 0 Å². The Morgan fingerprint density at radius 3 is 2.75 bits per heavy atom. The second-order valence-corrected chi connectivity index (χ2v) is 5.42. The number of hydrogen-bond donors (Lipinski definition) is 1. The molecule has 0 spiro atoms. The first-order valence-corrected chi connectivity index (χ1v) is 6.69. The van der Waals surface area contributed by atoms with Crippen molar-refractivity contribution in [1.82, 2.24) is 20.2 Å². The number of benzene rings is 1. The lowest BCUT2D eigenvalue weighted by Crippen LogP contribution is -2.31.